The molecule has 0 unspecified atom stereocenters. The van der Waals surface area contributed by atoms with Crippen LogP contribution in [0.4, 0.5) is 0 Å². The number of amides is 1. The van der Waals surface area contributed by atoms with E-state index in [2.05, 4.69) is 37.4 Å². The quantitative estimate of drug-likeness (QED) is 0.840. The third-order valence-corrected chi connectivity index (χ3v) is 4.18. The second kappa shape index (κ2) is 8.00. The highest BCUT2D eigenvalue weighted by molar-refractivity contribution is 5.81. The van der Waals surface area contributed by atoms with Crippen molar-refractivity contribution in [1.29, 1.82) is 0 Å². The lowest BCUT2D eigenvalue weighted by atomic mass is 10.00. The van der Waals surface area contributed by atoms with Crippen LogP contribution in [0.1, 0.15) is 48.6 Å². The van der Waals surface area contributed by atoms with Gasteiger partial charge in [0.05, 0.1) is 6.04 Å². The predicted molar refractivity (Wildman–Crippen MR) is 98.4 cm³/mol. The van der Waals surface area contributed by atoms with Gasteiger partial charge in [0.2, 0.25) is 0 Å². The van der Waals surface area contributed by atoms with Crippen molar-refractivity contribution in [2.45, 2.75) is 53.2 Å². The van der Waals surface area contributed by atoms with Gasteiger partial charge < -0.3 is 10.1 Å². The molecule has 0 spiro atoms. The average Bonchev–Trinajstić information content (AvgIpc) is 2.52. The molecule has 0 aliphatic rings. The van der Waals surface area contributed by atoms with Crippen molar-refractivity contribution in [3.63, 3.8) is 0 Å². The number of benzene rings is 2. The van der Waals surface area contributed by atoms with E-state index < -0.39 is 6.10 Å². The van der Waals surface area contributed by atoms with Crippen molar-refractivity contribution in [3.05, 3.63) is 64.7 Å². The summed E-state index contributed by atoms with van der Waals surface area (Å²) < 4.78 is 5.88. The van der Waals surface area contributed by atoms with Gasteiger partial charge in [-0.2, -0.15) is 0 Å². The third kappa shape index (κ3) is 4.60. The Labute approximate surface area is 145 Å². The summed E-state index contributed by atoms with van der Waals surface area (Å²) in [6.07, 6.45) is 0.138. The highest BCUT2D eigenvalue weighted by Crippen LogP contribution is 2.20. The summed E-state index contributed by atoms with van der Waals surface area (Å²) >= 11 is 0. The van der Waals surface area contributed by atoms with Gasteiger partial charge in [0.25, 0.3) is 5.91 Å². The molecular weight excluding hydrogens is 298 g/mol. The molecule has 0 saturated heterocycles. The Balaban J connectivity index is 2.05. The molecule has 24 heavy (non-hydrogen) atoms. The van der Waals surface area contributed by atoms with Crippen LogP contribution < -0.4 is 10.1 Å². The molecule has 2 atom stereocenters. The molecule has 1 amide bonds. The number of rotatable bonds is 6. The Hall–Kier alpha value is -2.29. The van der Waals surface area contributed by atoms with Crippen LogP contribution in [0.3, 0.4) is 0 Å². The van der Waals surface area contributed by atoms with Crippen molar-refractivity contribution in [2.75, 3.05) is 0 Å². The van der Waals surface area contributed by atoms with Crippen molar-refractivity contribution in [2.24, 2.45) is 0 Å². The summed E-state index contributed by atoms with van der Waals surface area (Å²) in [5.74, 6) is 0.655. The van der Waals surface area contributed by atoms with Gasteiger partial charge in [0.1, 0.15) is 5.75 Å². The zero-order valence-corrected chi connectivity index (χ0v) is 15.2. The van der Waals surface area contributed by atoms with E-state index in [0.29, 0.717) is 6.42 Å². The summed E-state index contributed by atoms with van der Waals surface area (Å²) in [6.45, 7) is 10.1. The summed E-state index contributed by atoms with van der Waals surface area (Å²) in [7, 11) is 0. The van der Waals surface area contributed by atoms with Crippen molar-refractivity contribution in [1.82, 2.24) is 5.32 Å². The molecule has 3 nitrogen and oxygen atoms in total. The van der Waals surface area contributed by atoms with E-state index in [0.717, 1.165) is 16.9 Å². The van der Waals surface area contributed by atoms with Crippen molar-refractivity contribution in [3.8, 4) is 5.75 Å². The molecule has 0 aliphatic heterocycles. The zero-order chi connectivity index (χ0) is 17.7. The highest BCUT2D eigenvalue weighted by atomic mass is 16.5. The minimum Gasteiger partial charge on any atom is -0.481 e. The largest absolute Gasteiger partial charge is 0.481 e. The average molecular weight is 325 g/mol. The fraction of sp³-hybridized carbons (Fsp3) is 0.381. The number of ether oxygens (including phenoxy) is 1. The first kappa shape index (κ1) is 18.1. The Morgan fingerprint density at radius 3 is 2.42 bits per heavy atom. The van der Waals surface area contributed by atoms with E-state index >= 15 is 0 Å². The number of carbonyl (C=O) groups is 1. The Morgan fingerprint density at radius 1 is 1.08 bits per heavy atom. The maximum absolute atomic E-state index is 12.6. The summed E-state index contributed by atoms with van der Waals surface area (Å²) in [6, 6.07) is 14.0. The van der Waals surface area contributed by atoms with E-state index in [4.69, 9.17) is 4.74 Å². The van der Waals surface area contributed by atoms with E-state index in [9.17, 15) is 4.79 Å². The fourth-order valence-electron chi connectivity index (χ4n) is 2.87. The zero-order valence-electron chi connectivity index (χ0n) is 15.2. The van der Waals surface area contributed by atoms with Gasteiger partial charge >= 0.3 is 0 Å². The number of hydrogen-bond acceptors (Lipinski definition) is 2. The van der Waals surface area contributed by atoms with Crippen molar-refractivity contribution >= 4 is 5.91 Å². The molecule has 0 saturated carbocycles. The topological polar surface area (TPSA) is 38.3 Å². The van der Waals surface area contributed by atoms with E-state index in [1.165, 1.54) is 11.1 Å². The number of aryl methyl sites for hydroxylation is 3. The van der Waals surface area contributed by atoms with Gasteiger partial charge in [-0.25, -0.2) is 0 Å². The molecule has 2 aromatic rings. The van der Waals surface area contributed by atoms with Gasteiger partial charge in [-0.1, -0.05) is 42.8 Å². The molecule has 0 aliphatic carbocycles. The molecule has 0 bridgehead atoms. The number of nitrogens with one attached hydrogen (secondary N) is 1. The van der Waals surface area contributed by atoms with Crippen molar-refractivity contribution < 1.29 is 9.53 Å². The number of carbonyl (C=O) groups excluding carboxylic acids is 1. The molecule has 0 aromatic heterocycles. The Bertz CT molecular complexity index is 709. The van der Waals surface area contributed by atoms with E-state index in [1.807, 2.05) is 45.0 Å². The van der Waals surface area contributed by atoms with Crippen LogP contribution in [0, 0.1) is 20.8 Å². The molecule has 2 aromatic carbocycles. The summed E-state index contributed by atoms with van der Waals surface area (Å²) in [4.78, 5) is 12.6. The first-order chi connectivity index (χ1) is 11.4. The number of hydrogen-bond donors (Lipinski definition) is 1. The van der Waals surface area contributed by atoms with Crippen LogP contribution in [0.25, 0.3) is 0 Å². The lowest BCUT2D eigenvalue weighted by Crippen LogP contribution is -2.39. The molecule has 0 radical (unpaired) electrons. The summed E-state index contributed by atoms with van der Waals surface area (Å²) in [5, 5.41) is 3.08. The Kier molecular flexibility index (Phi) is 6.02. The van der Waals surface area contributed by atoms with Crippen LogP contribution in [-0.2, 0) is 4.79 Å². The minimum absolute atomic E-state index is 0.0479. The molecule has 0 fully saturated rings. The predicted octanol–water partition coefficient (Wildman–Crippen LogP) is 4.65. The summed E-state index contributed by atoms with van der Waals surface area (Å²) in [5.41, 5.74) is 4.67. The molecule has 128 valence electrons. The molecule has 1 N–H and O–H groups in total. The van der Waals surface area contributed by atoms with Crippen LogP contribution in [0.5, 0.6) is 5.75 Å². The SMILES string of the molecule is CC[C@@H](Oc1cccc(C)c1)C(=O)N[C@@H](C)c1ccc(C)cc1C. The minimum atomic E-state index is -0.486. The lowest BCUT2D eigenvalue weighted by Gasteiger charge is -2.22. The van der Waals surface area contributed by atoms with Crippen LogP contribution in [0.15, 0.2) is 42.5 Å². The maximum atomic E-state index is 12.6. The monoisotopic (exact) mass is 325 g/mol. The van der Waals surface area contributed by atoms with E-state index in [1.54, 1.807) is 0 Å². The van der Waals surface area contributed by atoms with Gasteiger partial charge in [-0.05, 0) is 62.9 Å². The molecule has 3 heteroatoms. The van der Waals surface area contributed by atoms with Crippen LogP contribution >= 0.6 is 0 Å². The molecular formula is C21H27NO2. The van der Waals surface area contributed by atoms with E-state index in [-0.39, 0.29) is 11.9 Å². The van der Waals surface area contributed by atoms with Gasteiger partial charge in [-0.15, -0.1) is 0 Å². The highest BCUT2D eigenvalue weighted by Gasteiger charge is 2.21. The first-order valence-corrected chi connectivity index (χ1v) is 8.51. The van der Waals surface area contributed by atoms with Gasteiger partial charge in [0, 0.05) is 0 Å². The Morgan fingerprint density at radius 2 is 1.79 bits per heavy atom. The molecule has 0 heterocycles. The van der Waals surface area contributed by atoms with Crippen LogP contribution in [-0.4, -0.2) is 12.0 Å². The lowest BCUT2D eigenvalue weighted by molar-refractivity contribution is -0.128. The van der Waals surface area contributed by atoms with Crippen LogP contribution in [0.2, 0.25) is 0 Å². The second-order valence-electron chi connectivity index (χ2n) is 6.42. The first-order valence-electron chi connectivity index (χ1n) is 8.51. The van der Waals surface area contributed by atoms with Gasteiger partial charge in [-0.3, -0.25) is 4.79 Å². The standard InChI is InChI=1S/C21H27NO2/c1-6-20(24-18-9-7-8-14(2)13-18)21(23)22-17(5)19-11-10-15(3)12-16(19)4/h7-13,17,20H,6H2,1-5H3,(H,22,23)/t17-,20+/m0/s1. The normalized spacial score (nSPS) is 13.2. The van der Waals surface area contributed by atoms with Gasteiger partial charge in [0.15, 0.2) is 6.10 Å². The fourth-order valence-corrected chi connectivity index (χ4v) is 2.87. The smallest absolute Gasteiger partial charge is 0.261 e. The second-order valence-corrected chi connectivity index (χ2v) is 6.42. The molecule has 2 rings (SSSR count). The maximum Gasteiger partial charge on any atom is 0.261 e. The third-order valence-electron chi connectivity index (χ3n) is 4.18.